The molecular formula is C26H28N6O10S2. The van der Waals surface area contributed by atoms with Gasteiger partial charge in [-0.15, -0.1) is 16.9 Å². The molecule has 3 atom stereocenters. The zero-order valence-corrected chi connectivity index (χ0v) is 25.0. The van der Waals surface area contributed by atoms with E-state index >= 15 is 0 Å². The molecule has 2 aromatic rings. The van der Waals surface area contributed by atoms with Crippen LogP contribution in [-0.4, -0.2) is 95.3 Å². The molecule has 1 aromatic heterocycles. The second-order valence-electron chi connectivity index (χ2n) is 9.69. The Bertz CT molecular complexity index is 1640. The molecule has 234 valence electrons. The minimum absolute atomic E-state index is 0.0371. The maximum atomic E-state index is 13.3. The van der Waals surface area contributed by atoms with Crippen LogP contribution < -0.4 is 21.8 Å². The average molecular weight is 649 g/mol. The van der Waals surface area contributed by atoms with E-state index in [1.54, 1.807) is 18.2 Å². The van der Waals surface area contributed by atoms with Crippen LogP contribution in [0.3, 0.4) is 0 Å². The zero-order valence-electron chi connectivity index (χ0n) is 23.4. The van der Waals surface area contributed by atoms with Gasteiger partial charge >= 0.3 is 23.1 Å². The molecule has 5 N–H and O–H groups in total. The number of H-pyrrole nitrogens is 1. The van der Waals surface area contributed by atoms with Gasteiger partial charge in [-0.3, -0.25) is 33.4 Å². The number of carbonyl (C=O) groups excluding carboxylic acids is 3. The molecule has 1 saturated heterocycles. The molecule has 16 nitrogen and oxygen atoms in total. The summed E-state index contributed by atoms with van der Waals surface area (Å²) in [5.74, 6) is -4.49. The molecule has 2 aliphatic rings. The number of methoxy groups -OCH3 is 1. The number of ether oxygens (including phenoxy) is 1. The van der Waals surface area contributed by atoms with Crippen molar-refractivity contribution in [3.8, 4) is 0 Å². The Hall–Kier alpha value is -4.42. The molecule has 0 aliphatic carbocycles. The van der Waals surface area contributed by atoms with Crippen LogP contribution in [-0.2, 0) is 31.0 Å². The van der Waals surface area contributed by atoms with Crippen LogP contribution in [0.1, 0.15) is 29.6 Å². The van der Waals surface area contributed by atoms with Gasteiger partial charge in [0.2, 0.25) is 5.91 Å². The molecule has 2 aliphatic heterocycles. The highest BCUT2D eigenvalue weighted by molar-refractivity contribution is 8.01. The number of hydrogen-bond acceptors (Lipinski definition) is 11. The first-order chi connectivity index (χ1) is 20.9. The van der Waals surface area contributed by atoms with Gasteiger partial charge in [-0.2, -0.15) is 0 Å². The van der Waals surface area contributed by atoms with Gasteiger partial charge in [0.25, 0.3) is 17.5 Å². The number of thioether (sulfide) groups is 2. The van der Waals surface area contributed by atoms with Crippen molar-refractivity contribution in [3.05, 3.63) is 67.9 Å². The number of nitrogens with one attached hydrogen (secondary N) is 3. The molecule has 0 spiro atoms. The van der Waals surface area contributed by atoms with Crippen LogP contribution in [0.15, 0.2) is 56.3 Å². The van der Waals surface area contributed by atoms with Gasteiger partial charge in [0.15, 0.2) is 5.16 Å². The van der Waals surface area contributed by atoms with Crippen LogP contribution in [0.25, 0.3) is 0 Å². The van der Waals surface area contributed by atoms with Crippen molar-refractivity contribution in [2.24, 2.45) is 7.05 Å². The van der Waals surface area contributed by atoms with E-state index in [0.717, 1.165) is 33.0 Å². The van der Waals surface area contributed by atoms with Crippen molar-refractivity contribution >= 4 is 53.2 Å². The Kier molecular flexibility index (Phi) is 9.95. The number of rotatable bonds is 13. The first-order valence-corrected chi connectivity index (χ1v) is 15.1. The summed E-state index contributed by atoms with van der Waals surface area (Å²) in [5, 5.41) is 29.6. The Labute approximate surface area is 257 Å². The number of aromatic amines is 1. The van der Waals surface area contributed by atoms with Crippen molar-refractivity contribution in [2.75, 3.05) is 18.6 Å². The number of nitrogens with zero attached hydrogens (tertiary/aromatic N) is 3. The number of benzene rings is 1. The lowest BCUT2D eigenvalue weighted by Crippen LogP contribution is -2.80. The molecular weight excluding hydrogens is 620 g/mol. The van der Waals surface area contributed by atoms with Crippen molar-refractivity contribution < 1.29 is 38.9 Å². The van der Waals surface area contributed by atoms with E-state index in [0.29, 0.717) is 5.57 Å². The highest BCUT2D eigenvalue weighted by atomic mass is 32.2. The number of aromatic nitrogens is 3. The quantitative estimate of drug-likeness (QED) is 0.0786. The fraction of sp³-hybridized carbons (Fsp3) is 0.385. The van der Waals surface area contributed by atoms with E-state index in [9.17, 15) is 43.8 Å². The molecule has 44 heavy (non-hydrogen) atoms. The number of aliphatic carboxylic acids is 2. The van der Waals surface area contributed by atoms with Crippen molar-refractivity contribution in [2.45, 2.75) is 41.6 Å². The third-order valence-corrected chi connectivity index (χ3v) is 9.40. The number of β-lactam (4-membered cyclic amide) rings is 1. The maximum absolute atomic E-state index is 13.3. The standard InChI is InChI=1S/C26H28N6O10S2/c1-31-20(36)19(35)29-30-25(31)44-12-14-11-43-24-26(42-2,23(41)32(24)17(14)22(39)40)28-16(33)10-6-9-15(21(37)38)27-18(34)13-7-4-3-5-8-13/h3-5,7-8,15,24H,6,9-12H2,1-2H3,(H,27,34)(H,28,33)(H,29,35)(H,37,38)(H,39,40)/t15?,24-,26?/m1/s1. The summed E-state index contributed by atoms with van der Waals surface area (Å²) in [6.07, 6.45) is -0.215. The number of fused-ring (bicyclic) bond motifs is 1. The van der Waals surface area contributed by atoms with E-state index in [4.69, 9.17) is 4.74 Å². The maximum Gasteiger partial charge on any atom is 0.352 e. The second-order valence-corrected chi connectivity index (χ2v) is 11.7. The lowest BCUT2D eigenvalue weighted by molar-refractivity contribution is -0.192. The minimum atomic E-state index is -1.85. The fourth-order valence-corrected chi connectivity index (χ4v) is 7.12. The Balaban J connectivity index is 1.39. The van der Waals surface area contributed by atoms with Gasteiger partial charge in [0.05, 0.1) is 0 Å². The largest absolute Gasteiger partial charge is 0.480 e. The van der Waals surface area contributed by atoms with Crippen molar-refractivity contribution in [1.29, 1.82) is 0 Å². The molecule has 1 aromatic carbocycles. The SMILES string of the molecule is COC1(NC(=O)CCCC(NC(=O)c2ccccc2)C(=O)O)C(=O)N2C(C(=O)O)=C(CSc3n[nH]c(=O)c(=O)n3C)CS[C@@H]21. The van der Waals surface area contributed by atoms with Gasteiger partial charge in [-0.05, 0) is 30.5 Å². The predicted octanol–water partition coefficient (Wildman–Crippen LogP) is -0.673. The highest BCUT2D eigenvalue weighted by Crippen LogP contribution is 2.47. The second kappa shape index (κ2) is 13.5. The Morgan fingerprint density at radius 3 is 2.55 bits per heavy atom. The van der Waals surface area contributed by atoms with Gasteiger partial charge in [0, 0.05) is 37.6 Å². The van der Waals surface area contributed by atoms with Crippen LogP contribution in [0.2, 0.25) is 0 Å². The molecule has 3 amide bonds. The Morgan fingerprint density at radius 2 is 1.91 bits per heavy atom. The smallest absolute Gasteiger partial charge is 0.352 e. The minimum Gasteiger partial charge on any atom is -0.480 e. The average Bonchev–Trinajstić information content (AvgIpc) is 3.01. The van der Waals surface area contributed by atoms with E-state index in [2.05, 4.69) is 20.8 Å². The molecule has 4 rings (SSSR count). The van der Waals surface area contributed by atoms with Gasteiger partial charge in [0.1, 0.15) is 17.1 Å². The van der Waals surface area contributed by atoms with Crippen LogP contribution >= 0.6 is 23.5 Å². The summed E-state index contributed by atoms with van der Waals surface area (Å²) in [6, 6.07) is 6.81. The van der Waals surface area contributed by atoms with Crippen LogP contribution in [0.4, 0.5) is 0 Å². The normalized spacial score (nSPS) is 19.9. The summed E-state index contributed by atoms with van der Waals surface area (Å²) < 4.78 is 6.46. The third-order valence-electron chi connectivity index (χ3n) is 6.91. The number of amides is 3. The first-order valence-electron chi connectivity index (χ1n) is 13.0. The van der Waals surface area contributed by atoms with E-state index in [-0.39, 0.29) is 47.2 Å². The topological polar surface area (TPSA) is 230 Å². The molecule has 2 unspecified atom stereocenters. The monoisotopic (exact) mass is 648 g/mol. The van der Waals surface area contributed by atoms with E-state index in [1.807, 2.05) is 0 Å². The molecule has 0 radical (unpaired) electrons. The molecule has 0 bridgehead atoms. The molecule has 1 fully saturated rings. The summed E-state index contributed by atoms with van der Waals surface area (Å²) in [6.45, 7) is 0. The molecule has 0 saturated carbocycles. The van der Waals surface area contributed by atoms with Gasteiger partial charge in [-0.1, -0.05) is 30.0 Å². The third kappa shape index (κ3) is 6.41. The fourth-order valence-electron chi connectivity index (χ4n) is 4.62. The van der Waals surface area contributed by atoms with Gasteiger partial charge in [-0.25, -0.2) is 14.7 Å². The van der Waals surface area contributed by atoms with Crippen LogP contribution in [0.5, 0.6) is 0 Å². The van der Waals surface area contributed by atoms with Crippen LogP contribution in [0, 0.1) is 0 Å². The number of carboxylic acid groups (broad SMARTS) is 2. The van der Waals surface area contributed by atoms with E-state index in [1.165, 1.54) is 26.3 Å². The highest BCUT2D eigenvalue weighted by Gasteiger charge is 2.66. The zero-order chi connectivity index (χ0) is 32.2. The van der Waals surface area contributed by atoms with E-state index < -0.39 is 57.9 Å². The lowest BCUT2D eigenvalue weighted by Gasteiger charge is -2.55. The first kappa shape index (κ1) is 32.5. The van der Waals surface area contributed by atoms with Crippen molar-refractivity contribution in [1.82, 2.24) is 30.3 Å². The number of carboxylic acids is 2. The summed E-state index contributed by atoms with van der Waals surface area (Å²) in [4.78, 5) is 86.8. The summed E-state index contributed by atoms with van der Waals surface area (Å²) in [5.41, 5.74) is -3.24. The van der Waals surface area contributed by atoms with Crippen molar-refractivity contribution in [3.63, 3.8) is 0 Å². The summed E-state index contributed by atoms with van der Waals surface area (Å²) >= 11 is 2.16. The predicted molar refractivity (Wildman–Crippen MR) is 156 cm³/mol. The van der Waals surface area contributed by atoms with Gasteiger partial charge < -0.3 is 25.6 Å². The lowest BCUT2D eigenvalue weighted by atomic mass is 9.98. The summed E-state index contributed by atoms with van der Waals surface area (Å²) in [7, 11) is 2.55. The molecule has 3 heterocycles. The molecule has 18 heteroatoms. The Morgan fingerprint density at radius 1 is 1.20 bits per heavy atom. The number of hydrogen-bond donors (Lipinski definition) is 5. The number of carbonyl (C=O) groups is 5.